The van der Waals surface area contributed by atoms with Gasteiger partial charge in [-0.25, -0.2) is 0 Å². The smallest absolute Gasteiger partial charge is 0.252 e. The SMILES string of the molecule is CN(CCNC(=O)c1csc2c1CCCC2)c1ccccc1. The Hall–Kier alpha value is -1.81. The van der Waals surface area contributed by atoms with Crippen LogP contribution < -0.4 is 10.2 Å². The number of anilines is 1. The third kappa shape index (κ3) is 3.33. The van der Waals surface area contributed by atoms with Gasteiger partial charge in [0.15, 0.2) is 0 Å². The van der Waals surface area contributed by atoms with Crippen molar-refractivity contribution in [1.82, 2.24) is 5.32 Å². The van der Waals surface area contributed by atoms with Gasteiger partial charge in [0.05, 0.1) is 5.56 Å². The fourth-order valence-electron chi connectivity index (χ4n) is 2.93. The van der Waals surface area contributed by atoms with Gasteiger partial charge in [-0.05, 0) is 43.4 Å². The van der Waals surface area contributed by atoms with Gasteiger partial charge in [-0.1, -0.05) is 18.2 Å². The molecule has 1 aliphatic carbocycles. The van der Waals surface area contributed by atoms with E-state index in [2.05, 4.69) is 22.3 Å². The Morgan fingerprint density at radius 1 is 1.23 bits per heavy atom. The molecule has 3 nitrogen and oxygen atoms in total. The molecule has 1 aromatic heterocycles. The lowest BCUT2D eigenvalue weighted by Crippen LogP contribution is -2.33. The van der Waals surface area contributed by atoms with Crippen LogP contribution in [-0.4, -0.2) is 26.0 Å². The van der Waals surface area contributed by atoms with Gasteiger partial charge in [0, 0.05) is 36.1 Å². The Labute approximate surface area is 136 Å². The van der Waals surface area contributed by atoms with Crippen LogP contribution in [0.25, 0.3) is 0 Å². The molecule has 0 saturated carbocycles. The van der Waals surface area contributed by atoms with E-state index in [1.165, 1.54) is 29.0 Å². The van der Waals surface area contributed by atoms with E-state index >= 15 is 0 Å². The predicted octanol–water partition coefficient (Wildman–Crippen LogP) is 3.49. The first kappa shape index (κ1) is 15.1. The number of hydrogen-bond acceptors (Lipinski definition) is 3. The molecule has 1 N–H and O–H groups in total. The van der Waals surface area contributed by atoms with E-state index in [9.17, 15) is 4.79 Å². The number of carbonyl (C=O) groups is 1. The number of benzene rings is 1. The van der Waals surface area contributed by atoms with Crippen molar-refractivity contribution in [2.45, 2.75) is 25.7 Å². The average Bonchev–Trinajstić information content (AvgIpc) is 2.99. The number of nitrogens with one attached hydrogen (secondary N) is 1. The van der Waals surface area contributed by atoms with Gasteiger partial charge in [0.25, 0.3) is 5.91 Å². The molecule has 2 aromatic rings. The summed E-state index contributed by atoms with van der Waals surface area (Å²) in [5.74, 6) is 0.0841. The Bertz CT molecular complexity index is 636. The molecule has 22 heavy (non-hydrogen) atoms. The monoisotopic (exact) mass is 314 g/mol. The van der Waals surface area contributed by atoms with Crippen LogP contribution in [0, 0.1) is 0 Å². The third-order valence-corrected chi connectivity index (χ3v) is 5.32. The Morgan fingerprint density at radius 2 is 2.00 bits per heavy atom. The molecule has 0 bridgehead atoms. The zero-order valence-corrected chi connectivity index (χ0v) is 13.8. The van der Waals surface area contributed by atoms with Crippen LogP contribution in [0.4, 0.5) is 5.69 Å². The second kappa shape index (κ2) is 6.97. The van der Waals surface area contributed by atoms with E-state index in [1.807, 2.05) is 30.6 Å². The zero-order chi connectivity index (χ0) is 15.4. The summed E-state index contributed by atoms with van der Waals surface area (Å²) in [5, 5.41) is 5.10. The zero-order valence-electron chi connectivity index (χ0n) is 13.0. The second-order valence-corrected chi connectivity index (χ2v) is 6.74. The predicted molar refractivity (Wildman–Crippen MR) is 93.0 cm³/mol. The van der Waals surface area contributed by atoms with Crippen molar-refractivity contribution in [1.29, 1.82) is 0 Å². The third-order valence-electron chi connectivity index (χ3n) is 4.24. The maximum atomic E-state index is 12.4. The highest BCUT2D eigenvalue weighted by molar-refractivity contribution is 7.10. The summed E-state index contributed by atoms with van der Waals surface area (Å²) >= 11 is 1.75. The lowest BCUT2D eigenvalue weighted by molar-refractivity contribution is 0.0954. The molecule has 0 atom stereocenters. The van der Waals surface area contributed by atoms with Gasteiger partial charge < -0.3 is 10.2 Å². The molecular formula is C18H22N2OS. The molecular weight excluding hydrogens is 292 g/mol. The molecule has 0 unspecified atom stereocenters. The van der Waals surface area contributed by atoms with Crippen molar-refractivity contribution >= 4 is 22.9 Å². The van der Waals surface area contributed by atoms with Crippen LogP contribution in [0.15, 0.2) is 35.7 Å². The summed E-state index contributed by atoms with van der Waals surface area (Å²) in [6, 6.07) is 10.2. The number of hydrogen-bond donors (Lipinski definition) is 1. The van der Waals surface area contributed by atoms with Crippen LogP contribution in [0.5, 0.6) is 0 Å². The number of amides is 1. The molecule has 116 valence electrons. The van der Waals surface area contributed by atoms with E-state index in [0.717, 1.165) is 24.9 Å². The maximum Gasteiger partial charge on any atom is 0.252 e. The molecule has 0 radical (unpaired) electrons. The molecule has 3 rings (SSSR count). The molecule has 1 heterocycles. The number of likely N-dealkylation sites (N-methyl/N-ethyl adjacent to an activating group) is 1. The van der Waals surface area contributed by atoms with Crippen molar-refractivity contribution in [2.24, 2.45) is 0 Å². The highest BCUT2D eigenvalue weighted by Crippen LogP contribution is 2.30. The van der Waals surface area contributed by atoms with Gasteiger partial charge in [0.1, 0.15) is 0 Å². The quantitative estimate of drug-likeness (QED) is 0.916. The second-order valence-electron chi connectivity index (χ2n) is 5.77. The first-order valence-electron chi connectivity index (χ1n) is 7.89. The number of fused-ring (bicyclic) bond motifs is 1. The highest BCUT2D eigenvalue weighted by atomic mass is 32.1. The largest absolute Gasteiger partial charge is 0.373 e. The number of carbonyl (C=O) groups excluding carboxylic acids is 1. The Kier molecular flexibility index (Phi) is 4.78. The molecule has 0 spiro atoms. The molecule has 1 aliphatic rings. The van der Waals surface area contributed by atoms with E-state index in [0.29, 0.717) is 6.54 Å². The first-order valence-corrected chi connectivity index (χ1v) is 8.77. The van der Waals surface area contributed by atoms with E-state index in [4.69, 9.17) is 0 Å². The topological polar surface area (TPSA) is 32.3 Å². The van der Waals surface area contributed by atoms with Gasteiger partial charge in [-0.3, -0.25) is 4.79 Å². The fraction of sp³-hybridized carbons (Fsp3) is 0.389. The number of thiophene rings is 1. The van der Waals surface area contributed by atoms with Crippen molar-refractivity contribution in [2.75, 3.05) is 25.0 Å². The van der Waals surface area contributed by atoms with E-state index in [-0.39, 0.29) is 5.91 Å². The fourth-order valence-corrected chi connectivity index (χ4v) is 4.05. The van der Waals surface area contributed by atoms with Crippen molar-refractivity contribution in [3.63, 3.8) is 0 Å². The first-order chi connectivity index (χ1) is 10.8. The summed E-state index contributed by atoms with van der Waals surface area (Å²) in [7, 11) is 2.05. The summed E-state index contributed by atoms with van der Waals surface area (Å²) in [6.45, 7) is 1.47. The standard InChI is InChI=1S/C18H22N2OS/c1-20(14-7-3-2-4-8-14)12-11-19-18(21)16-13-22-17-10-6-5-9-15(16)17/h2-4,7-8,13H,5-6,9-12H2,1H3,(H,19,21). The van der Waals surface area contributed by atoms with Crippen LogP contribution >= 0.6 is 11.3 Å². The summed E-state index contributed by atoms with van der Waals surface area (Å²) in [5.41, 5.74) is 3.37. The van der Waals surface area contributed by atoms with Gasteiger partial charge in [0.2, 0.25) is 0 Å². The maximum absolute atomic E-state index is 12.4. The number of para-hydroxylation sites is 1. The van der Waals surface area contributed by atoms with Crippen molar-refractivity contribution < 1.29 is 4.79 Å². The van der Waals surface area contributed by atoms with Crippen LogP contribution in [0.2, 0.25) is 0 Å². The summed E-state index contributed by atoms with van der Waals surface area (Å²) in [6.07, 6.45) is 4.67. The molecule has 0 aliphatic heterocycles. The Morgan fingerprint density at radius 3 is 2.82 bits per heavy atom. The van der Waals surface area contributed by atoms with Crippen LogP contribution in [-0.2, 0) is 12.8 Å². The lowest BCUT2D eigenvalue weighted by Gasteiger charge is -2.19. The van der Waals surface area contributed by atoms with Gasteiger partial charge in [-0.2, -0.15) is 0 Å². The van der Waals surface area contributed by atoms with Crippen LogP contribution in [0.1, 0.15) is 33.6 Å². The highest BCUT2D eigenvalue weighted by Gasteiger charge is 2.19. The minimum atomic E-state index is 0.0841. The molecule has 1 aromatic carbocycles. The average molecular weight is 314 g/mol. The Balaban J connectivity index is 1.54. The van der Waals surface area contributed by atoms with Crippen molar-refractivity contribution in [3.05, 3.63) is 51.7 Å². The number of rotatable bonds is 5. The lowest BCUT2D eigenvalue weighted by atomic mass is 9.96. The summed E-state index contributed by atoms with van der Waals surface area (Å²) < 4.78 is 0. The normalized spacial score (nSPS) is 13.5. The number of nitrogens with zero attached hydrogens (tertiary/aromatic N) is 1. The van der Waals surface area contributed by atoms with E-state index in [1.54, 1.807) is 11.3 Å². The summed E-state index contributed by atoms with van der Waals surface area (Å²) in [4.78, 5) is 15.9. The molecule has 0 saturated heterocycles. The molecule has 0 fully saturated rings. The van der Waals surface area contributed by atoms with E-state index < -0.39 is 0 Å². The van der Waals surface area contributed by atoms with Crippen molar-refractivity contribution in [3.8, 4) is 0 Å². The minimum absolute atomic E-state index is 0.0841. The van der Waals surface area contributed by atoms with Gasteiger partial charge >= 0.3 is 0 Å². The van der Waals surface area contributed by atoms with Gasteiger partial charge in [-0.15, -0.1) is 11.3 Å². The minimum Gasteiger partial charge on any atom is -0.373 e. The molecule has 1 amide bonds. The van der Waals surface area contributed by atoms with Crippen LogP contribution in [0.3, 0.4) is 0 Å². The molecule has 4 heteroatoms. The number of aryl methyl sites for hydroxylation is 1.